The van der Waals surface area contributed by atoms with Gasteiger partial charge in [-0.2, -0.15) is 0 Å². The molecule has 0 fully saturated rings. The average Bonchev–Trinajstić information content (AvgIpc) is 2.61. The van der Waals surface area contributed by atoms with Crippen LogP contribution in [0.5, 0.6) is 0 Å². The van der Waals surface area contributed by atoms with Crippen LogP contribution in [0.1, 0.15) is 11.1 Å². The quantitative estimate of drug-likeness (QED) is 0.721. The van der Waals surface area contributed by atoms with E-state index in [9.17, 15) is 9.59 Å². The van der Waals surface area contributed by atoms with Gasteiger partial charge >= 0.3 is 6.03 Å². The maximum atomic E-state index is 11.7. The number of rotatable bonds is 7. The van der Waals surface area contributed by atoms with Gasteiger partial charge in [0, 0.05) is 18.1 Å². The molecule has 0 aromatic heterocycles. The maximum Gasteiger partial charge on any atom is 0.315 e. The molecule has 24 heavy (non-hydrogen) atoms. The molecule has 0 saturated heterocycles. The van der Waals surface area contributed by atoms with E-state index in [4.69, 9.17) is 11.6 Å². The van der Waals surface area contributed by atoms with Crippen LogP contribution >= 0.6 is 11.6 Å². The highest BCUT2D eigenvalue weighted by Crippen LogP contribution is 2.09. The summed E-state index contributed by atoms with van der Waals surface area (Å²) >= 11 is 5.82. The summed E-state index contributed by atoms with van der Waals surface area (Å²) in [5.41, 5.74) is 2.09. The highest BCUT2D eigenvalue weighted by atomic mass is 35.5. The van der Waals surface area contributed by atoms with Gasteiger partial charge in [-0.05, 0) is 29.7 Å². The minimum Gasteiger partial charge on any atom is -0.354 e. The number of nitrogens with one attached hydrogen (secondary N) is 3. The van der Waals surface area contributed by atoms with Crippen molar-refractivity contribution in [2.24, 2.45) is 0 Å². The molecule has 2 aromatic carbocycles. The molecule has 0 unspecified atom stereocenters. The third-order valence-electron chi connectivity index (χ3n) is 3.35. The molecule has 0 heterocycles. The van der Waals surface area contributed by atoms with Crippen molar-refractivity contribution in [2.75, 3.05) is 13.1 Å². The van der Waals surface area contributed by atoms with Crippen molar-refractivity contribution in [1.82, 2.24) is 16.0 Å². The van der Waals surface area contributed by atoms with Gasteiger partial charge in [-0.1, -0.05) is 54.1 Å². The molecule has 0 bridgehead atoms. The number of hydrogen-bond donors (Lipinski definition) is 3. The molecule has 6 heteroatoms. The predicted molar refractivity (Wildman–Crippen MR) is 94.8 cm³/mol. The monoisotopic (exact) mass is 345 g/mol. The molecule has 0 aliphatic heterocycles. The lowest BCUT2D eigenvalue weighted by molar-refractivity contribution is -0.120. The van der Waals surface area contributed by atoms with Gasteiger partial charge in [0.25, 0.3) is 0 Å². The second kappa shape index (κ2) is 9.57. The first-order valence-electron chi connectivity index (χ1n) is 7.70. The smallest absolute Gasteiger partial charge is 0.315 e. The fourth-order valence-electron chi connectivity index (χ4n) is 2.06. The third-order valence-corrected chi connectivity index (χ3v) is 3.61. The van der Waals surface area contributed by atoms with Crippen LogP contribution in [0.3, 0.4) is 0 Å². The third kappa shape index (κ3) is 6.71. The molecule has 2 rings (SSSR count). The molecule has 5 nitrogen and oxygen atoms in total. The Morgan fingerprint density at radius 1 is 0.833 bits per heavy atom. The van der Waals surface area contributed by atoms with Crippen LogP contribution in [0.15, 0.2) is 54.6 Å². The number of carbonyl (C=O) groups excluding carboxylic acids is 2. The largest absolute Gasteiger partial charge is 0.354 e. The van der Waals surface area contributed by atoms with E-state index in [0.717, 1.165) is 11.1 Å². The van der Waals surface area contributed by atoms with E-state index in [-0.39, 0.29) is 18.5 Å². The molecule has 0 radical (unpaired) electrons. The molecule has 3 amide bonds. The minimum atomic E-state index is -0.369. The zero-order valence-electron chi connectivity index (χ0n) is 13.2. The molecule has 0 atom stereocenters. The van der Waals surface area contributed by atoms with Gasteiger partial charge in [-0.3, -0.25) is 4.79 Å². The number of carbonyl (C=O) groups is 2. The van der Waals surface area contributed by atoms with Gasteiger partial charge in [-0.15, -0.1) is 0 Å². The van der Waals surface area contributed by atoms with E-state index in [1.54, 1.807) is 0 Å². The highest BCUT2D eigenvalue weighted by molar-refractivity contribution is 6.30. The molecule has 0 aliphatic carbocycles. The summed E-state index contributed by atoms with van der Waals surface area (Å²) in [5, 5.41) is 8.68. The van der Waals surface area contributed by atoms with Crippen LogP contribution in [0.25, 0.3) is 0 Å². The van der Waals surface area contributed by atoms with Gasteiger partial charge in [0.15, 0.2) is 0 Å². The summed E-state index contributed by atoms with van der Waals surface area (Å²) in [7, 11) is 0. The van der Waals surface area contributed by atoms with E-state index < -0.39 is 0 Å². The first kappa shape index (κ1) is 17.8. The Labute approximate surface area is 146 Å². The molecule has 3 N–H and O–H groups in total. The topological polar surface area (TPSA) is 70.2 Å². The fraction of sp³-hybridized carbons (Fsp3) is 0.222. The molecule has 0 aliphatic rings. The summed E-state index contributed by atoms with van der Waals surface area (Å²) < 4.78 is 0. The number of halogens is 1. The summed E-state index contributed by atoms with van der Waals surface area (Å²) in [6.07, 6.45) is 0.711. The number of amides is 3. The van der Waals surface area contributed by atoms with Crippen molar-refractivity contribution in [1.29, 1.82) is 0 Å². The van der Waals surface area contributed by atoms with E-state index in [0.29, 0.717) is 24.5 Å². The predicted octanol–water partition coefficient (Wildman–Crippen LogP) is 2.50. The van der Waals surface area contributed by atoms with E-state index in [2.05, 4.69) is 16.0 Å². The fourth-order valence-corrected chi connectivity index (χ4v) is 2.19. The van der Waals surface area contributed by atoms with Crippen LogP contribution in [-0.2, 0) is 17.8 Å². The first-order valence-corrected chi connectivity index (χ1v) is 8.08. The molecule has 126 valence electrons. The zero-order chi connectivity index (χ0) is 17.2. The lowest BCUT2D eigenvalue weighted by Crippen LogP contribution is -2.42. The van der Waals surface area contributed by atoms with Crippen molar-refractivity contribution < 1.29 is 9.59 Å². The number of hydrogen-bond acceptors (Lipinski definition) is 2. The van der Waals surface area contributed by atoms with Crippen molar-refractivity contribution in [3.63, 3.8) is 0 Å². The summed E-state index contributed by atoms with van der Waals surface area (Å²) in [5.74, 6) is -0.223. The second-order valence-corrected chi connectivity index (χ2v) is 5.68. The average molecular weight is 346 g/mol. The Morgan fingerprint density at radius 2 is 1.54 bits per heavy atom. The second-order valence-electron chi connectivity index (χ2n) is 5.25. The van der Waals surface area contributed by atoms with Gasteiger partial charge in [0.05, 0.1) is 6.54 Å². The van der Waals surface area contributed by atoms with E-state index in [1.807, 2.05) is 54.6 Å². The highest BCUT2D eigenvalue weighted by Gasteiger charge is 2.04. The molecular weight excluding hydrogens is 326 g/mol. The number of benzene rings is 2. The van der Waals surface area contributed by atoms with Gasteiger partial charge in [-0.25, -0.2) is 4.79 Å². The van der Waals surface area contributed by atoms with E-state index in [1.165, 1.54) is 0 Å². The SMILES string of the molecule is O=C(CNC(=O)NCc1ccccc1)NCCc1ccc(Cl)cc1. The lowest BCUT2D eigenvalue weighted by Gasteiger charge is -2.08. The Bertz CT molecular complexity index is 660. The Kier molecular flexibility index (Phi) is 7.11. The van der Waals surface area contributed by atoms with Gasteiger partial charge in [0.2, 0.25) is 5.91 Å². The van der Waals surface area contributed by atoms with Crippen LogP contribution < -0.4 is 16.0 Å². The van der Waals surface area contributed by atoms with Crippen molar-refractivity contribution in [3.05, 3.63) is 70.7 Å². The van der Waals surface area contributed by atoms with Crippen molar-refractivity contribution in [2.45, 2.75) is 13.0 Å². The number of urea groups is 1. The Morgan fingerprint density at radius 3 is 2.25 bits per heavy atom. The summed E-state index contributed by atoms with van der Waals surface area (Å²) in [6, 6.07) is 16.7. The summed E-state index contributed by atoms with van der Waals surface area (Å²) in [4.78, 5) is 23.3. The van der Waals surface area contributed by atoms with Crippen LogP contribution in [0.4, 0.5) is 4.79 Å². The first-order chi connectivity index (χ1) is 11.6. The van der Waals surface area contributed by atoms with Gasteiger partial charge in [0.1, 0.15) is 0 Å². The van der Waals surface area contributed by atoms with Crippen molar-refractivity contribution >= 4 is 23.5 Å². The van der Waals surface area contributed by atoms with Crippen LogP contribution in [-0.4, -0.2) is 25.0 Å². The van der Waals surface area contributed by atoms with Crippen molar-refractivity contribution in [3.8, 4) is 0 Å². The molecule has 0 spiro atoms. The Balaban J connectivity index is 1.58. The maximum absolute atomic E-state index is 11.7. The molecule has 2 aromatic rings. The zero-order valence-corrected chi connectivity index (χ0v) is 14.0. The molecular formula is C18H20ClN3O2. The van der Waals surface area contributed by atoms with Gasteiger partial charge < -0.3 is 16.0 Å². The minimum absolute atomic E-state index is 0.0543. The van der Waals surface area contributed by atoms with Crippen LogP contribution in [0, 0.1) is 0 Å². The van der Waals surface area contributed by atoms with Crippen LogP contribution in [0.2, 0.25) is 5.02 Å². The van der Waals surface area contributed by atoms with E-state index >= 15 is 0 Å². The summed E-state index contributed by atoms with van der Waals surface area (Å²) in [6.45, 7) is 0.875. The normalized spacial score (nSPS) is 10.0. The Hall–Kier alpha value is -2.53. The lowest BCUT2D eigenvalue weighted by atomic mass is 10.1. The standard InChI is InChI=1S/C18H20ClN3O2/c19-16-8-6-14(7-9-16)10-11-20-17(23)13-22-18(24)21-12-15-4-2-1-3-5-15/h1-9H,10-13H2,(H,20,23)(H2,21,22,24). The molecule has 0 saturated carbocycles.